The second kappa shape index (κ2) is 8.00. The van der Waals surface area contributed by atoms with Gasteiger partial charge in [-0.1, -0.05) is 0 Å². The normalized spacial score (nSPS) is 12.3. The van der Waals surface area contributed by atoms with Crippen molar-refractivity contribution < 1.29 is 18.3 Å². The lowest BCUT2D eigenvalue weighted by atomic mass is 10.6. The lowest BCUT2D eigenvalue weighted by Gasteiger charge is -2.20. The number of sulfonamides is 1. The van der Waals surface area contributed by atoms with Gasteiger partial charge < -0.3 is 15.2 Å². The monoisotopic (exact) mass is 240 g/mol. The van der Waals surface area contributed by atoms with Gasteiger partial charge in [0.1, 0.15) is 0 Å². The summed E-state index contributed by atoms with van der Waals surface area (Å²) in [5.41, 5.74) is 0. The topological polar surface area (TPSA) is 78.9 Å². The molecule has 0 radical (unpaired) electrons. The van der Waals surface area contributed by atoms with Gasteiger partial charge in [-0.15, -0.1) is 0 Å². The highest BCUT2D eigenvalue weighted by Gasteiger charge is 2.20. The van der Waals surface area contributed by atoms with Crippen molar-refractivity contribution in [3.8, 4) is 0 Å². The minimum atomic E-state index is -3.29. The van der Waals surface area contributed by atoms with E-state index < -0.39 is 10.0 Å². The SMILES string of the molecule is CNCCS(=O)(=O)N(CCO)CCOC. The molecule has 0 aliphatic rings. The lowest BCUT2D eigenvalue weighted by molar-refractivity contribution is 0.168. The van der Waals surface area contributed by atoms with Gasteiger partial charge in [-0.05, 0) is 7.05 Å². The number of aliphatic hydroxyl groups excluding tert-OH is 1. The number of hydrogen-bond donors (Lipinski definition) is 2. The molecule has 0 amide bonds. The molecule has 0 rings (SSSR count). The third-order valence-corrected chi connectivity index (χ3v) is 3.77. The second-order valence-corrected chi connectivity index (χ2v) is 5.12. The zero-order valence-corrected chi connectivity index (χ0v) is 10.1. The summed E-state index contributed by atoms with van der Waals surface area (Å²) < 4.78 is 29.5. The summed E-state index contributed by atoms with van der Waals surface area (Å²) in [6.07, 6.45) is 0. The van der Waals surface area contributed by atoms with E-state index in [0.29, 0.717) is 13.2 Å². The summed E-state index contributed by atoms with van der Waals surface area (Å²) in [6, 6.07) is 0. The molecule has 92 valence electrons. The summed E-state index contributed by atoms with van der Waals surface area (Å²) in [7, 11) is -0.0813. The number of methoxy groups -OCH3 is 1. The van der Waals surface area contributed by atoms with Gasteiger partial charge >= 0.3 is 0 Å². The Morgan fingerprint density at radius 2 is 2.07 bits per heavy atom. The van der Waals surface area contributed by atoms with Crippen molar-refractivity contribution in [3.63, 3.8) is 0 Å². The predicted molar refractivity (Wildman–Crippen MR) is 58.2 cm³/mol. The van der Waals surface area contributed by atoms with Gasteiger partial charge in [0.05, 0.1) is 19.0 Å². The van der Waals surface area contributed by atoms with E-state index >= 15 is 0 Å². The first-order chi connectivity index (χ1) is 7.08. The van der Waals surface area contributed by atoms with E-state index in [-0.39, 0.29) is 25.4 Å². The van der Waals surface area contributed by atoms with Crippen LogP contribution in [0, 0.1) is 0 Å². The highest BCUT2D eigenvalue weighted by Crippen LogP contribution is 2.00. The fraction of sp³-hybridized carbons (Fsp3) is 1.00. The molecule has 7 heteroatoms. The lowest BCUT2D eigenvalue weighted by Crippen LogP contribution is -2.39. The molecule has 0 saturated heterocycles. The Hall–Kier alpha value is -0.210. The number of hydrogen-bond acceptors (Lipinski definition) is 5. The van der Waals surface area contributed by atoms with Gasteiger partial charge in [0, 0.05) is 26.7 Å². The highest BCUT2D eigenvalue weighted by atomic mass is 32.2. The van der Waals surface area contributed by atoms with Crippen molar-refractivity contribution in [3.05, 3.63) is 0 Å². The van der Waals surface area contributed by atoms with E-state index in [2.05, 4.69) is 5.32 Å². The van der Waals surface area contributed by atoms with Crippen molar-refractivity contribution in [1.82, 2.24) is 9.62 Å². The van der Waals surface area contributed by atoms with Crippen LogP contribution in [-0.2, 0) is 14.8 Å². The van der Waals surface area contributed by atoms with Gasteiger partial charge in [-0.2, -0.15) is 4.31 Å². The smallest absolute Gasteiger partial charge is 0.215 e. The summed E-state index contributed by atoms with van der Waals surface area (Å²) in [4.78, 5) is 0. The van der Waals surface area contributed by atoms with E-state index in [1.54, 1.807) is 7.05 Å². The van der Waals surface area contributed by atoms with Gasteiger partial charge in [0.25, 0.3) is 0 Å². The predicted octanol–water partition coefficient (Wildman–Crippen LogP) is -1.52. The van der Waals surface area contributed by atoms with Crippen molar-refractivity contribution in [1.29, 1.82) is 0 Å². The van der Waals surface area contributed by atoms with E-state index in [1.165, 1.54) is 11.4 Å². The van der Waals surface area contributed by atoms with Crippen LogP contribution in [0.2, 0.25) is 0 Å². The van der Waals surface area contributed by atoms with Crippen molar-refractivity contribution in [2.45, 2.75) is 0 Å². The summed E-state index contributed by atoms with van der Waals surface area (Å²) in [5, 5.41) is 11.5. The summed E-state index contributed by atoms with van der Waals surface area (Å²) in [5.74, 6) is 0.0349. The standard InChI is InChI=1S/C8H20N2O4S/c1-9-3-8-15(12,13)10(4-6-11)5-7-14-2/h9,11H,3-8H2,1-2H3. The Balaban J connectivity index is 4.30. The van der Waals surface area contributed by atoms with E-state index in [4.69, 9.17) is 9.84 Å². The molecule has 0 atom stereocenters. The molecular formula is C8H20N2O4S. The first-order valence-corrected chi connectivity index (χ1v) is 6.41. The van der Waals surface area contributed by atoms with Crippen LogP contribution in [0.15, 0.2) is 0 Å². The summed E-state index contributed by atoms with van der Waals surface area (Å²) >= 11 is 0. The fourth-order valence-corrected chi connectivity index (χ4v) is 2.49. The van der Waals surface area contributed by atoms with Crippen LogP contribution in [0.25, 0.3) is 0 Å². The molecule has 0 fully saturated rings. The van der Waals surface area contributed by atoms with Gasteiger partial charge in [-0.25, -0.2) is 8.42 Å². The molecule has 15 heavy (non-hydrogen) atoms. The Morgan fingerprint density at radius 3 is 2.53 bits per heavy atom. The second-order valence-electron chi connectivity index (χ2n) is 3.04. The van der Waals surface area contributed by atoms with Gasteiger partial charge in [0.2, 0.25) is 10.0 Å². The maximum absolute atomic E-state index is 11.7. The van der Waals surface area contributed by atoms with Crippen LogP contribution in [-0.4, -0.2) is 70.6 Å². The van der Waals surface area contributed by atoms with Crippen LogP contribution in [0.4, 0.5) is 0 Å². The molecule has 0 spiro atoms. The number of aliphatic hydroxyl groups is 1. The first-order valence-electron chi connectivity index (χ1n) is 4.80. The number of nitrogens with zero attached hydrogens (tertiary/aromatic N) is 1. The average molecular weight is 240 g/mol. The number of nitrogens with one attached hydrogen (secondary N) is 1. The van der Waals surface area contributed by atoms with Crippen LogP contribution in [0.5, 0.6) is 0 Å². The maximum atomic E-state index is 11.7. The third-order valence-electron chi connectivity index (χ3n) is 1.90. The van der Waals surface area contributed by atoms with Crippen LogP contribution in [0.3, 0.4) is 0 Å². The van der Waals surface area contributed by atoms with E-state index in [9.17, 15) is 8.42 Å². The fourth-order valence-electron chi connectivity index (χ4n) is 1.05. The third kappa shape index (κ3) is 6.06. The van der Waals surface area contributed by atoms with Crippen molar-refractivity contribution in [2.75, 3.05) is 52.8 Å². The Kier molecular flexibility index (Phi) is 7.89. The Labute approximate surface area is 91.3 Å². The first kappa shape index (κ1) is 14.8. The number of ether oxygens (including phenoxy) is 1. The highest BCUT2D eigenvalue weighted by molar-refractivity contribution is 7.89. The number of rotatable bonds is 9. The molecule has 0 aromatic heterocycles. The molecule has 0 saturated carbocycles. The molecule has 0 bridgehead atoms. The molecule has 0 heterocycles. The Morgan fingerprint density at radius 1 is 1.40 bits per heavy atom. The molecule has 0 aliphatic carbocycles. The Bertz CT molecular complexity index is 243. The van der Waals surface area contributed by atoms with Crippen LogP contribution < -0.4 is 5.32 Å². The summed E-state index contributed by atoms with van der Waals surface area (Å²) in [6.45, 7) is 0.955. The molecule has 2 N–H and O–H groups in total. The van der Waals surface area contributed by atoms with E-state index in [1.807, 2.05) is 0 Å². The largest absolute Gasteiger partial charge is 0.395 e. The van der Waals surface area contributed by atoms with Crippen molar-refractivity contribution in [2.24, 2.45) is 0 Å². The molecule has 0 aromatic rings. The zero-order chi connectivity index (χ0) is 11.7. The minimum absolute atomic E-state index is 0.0349. The minimum Gasteiger partial charge on any atom is -0.395 e. The van der Waals surface area contributed by atoms with Crippen LogP contribution in [0.1, 0.15) is 0 Å². The van der Waals surface area contributed by atoms with Gasteiger partial charge in [0.15, 0.2) is 0 Å². The molecule has 0 aliphatic heterocycles. The molecule has 6 nitrogen and oxygen atoms in total. The maximum Gasteiger partial charge on any atom is 0.215 e. The van der Waals surface area contributed by atoms with Crippen LogP contribution >= 0.6 is 0 Å². The van der Waals surface area contributed by atoms with Crippen molar-refractivity contribution >= 4 is 10.0 Å². The zero-order valence-electron chi connectivity index (χ0n) is 9.27. The molecule has 0 unspecified atom stereocenters. The molecule has 0 aromatic carbocycles. The quantitative estimate of drug-likeness (QED) is 0.511. The van der Waals surface area contributed by atoms with E-state index in [0.717, 1.165) is 0 Å². The molecular weight excluding hydrogens is 220 g/mol. The van der Waals surface area contributed by atoms with Gasteiger partial charge in [-0.3, -0.25) is 0 Å². The average Bonchev–Trinajstić information content (AvgIpc) is 2.21.